The average Bonchev–Trinajstić information content (AvgIpc) is 3.76. The highest BCUT2D eigenvalue weighted by atomic mass is 28.3. The summed E-state index contributed by atoms with van der Waals surface area (Å²) in [6.07, 6.45) is 3.61. The van der Waals surface area contributed by atoms with Crippen molar-refractivity contribution < 1.29 is 23.5 Å². The molecule has 0 aliphatic heterocycles. The molecule has 1 heterocycles. The third-order valence-electron chi connectivity index (χ3n) is 7.77. The maximum absolute atomic E-state index is 15.5. The lowest BCUT2D eigenvalue weighted by molar-refractivity contribution is -0.120. The van der Waals surface area contributed by atoms with Crippen molar-refractivity contribution in [3.63, 3.8) is 0 Å². The number of halogens is 1. The molecule has 2 saturated carbocycles. The second kappa shape index (κ2) is 12.3. The number of benzene rings is 1. The van der Waals surface area contributed by atoms with Crippen LogP contribution in [0.3, 0.4) is 0 Å². The Labute approximate surface area is 244 Å². The number of nitrogens with one attached hydrogen (secondary N) is 2. The minimum absolute atomic E-state index is 0.0516. The molecule has 41 heavy (non-hydrogen) atoms. The molecule has 2 aromatic rings. The number of hydrogen-bond acceptors (Lipinski definition) is 5. The van der Waals surface area contributed by atoms with E-state index in [9.17, 15) is 9.59 Å². The van der Waals surface area contributed by atoms with E-state index in [4.69, 9.17) is 9.47 Å². The first-order valence-corrected chi connectivity index (χ1v) is 18.6. The quantitative estimate of drug-likeness (QED) is 0.209. The van der Waals surface area contributed by atoms with Gasteiger partial charge in [0.1, 0.15) is 24.2 Å². The molecule has 0 radical (unpaired) electrons. The highest BCUT2D eigenvalue weighted by Gasteiger charge is 2.48. The van der Waals surface area contributed by atoms with Gasteiger partial charge in [0.25, 0.3) is 0 Å². The third-order valence-corrected chi connectivity index (χ3v) is 9.47. The van der Waals surface area contributed by atoms with Crippen LogP contribution < -0.4 is 10.6 Å². The SMILES string of the molecule is Cc1nn(COCC[Si](C)(C)C)c(C)c1-c1ccc(NC(=O)[C@@H](NC(=O)OC(C)(C)C)C(C2CC2)C2CC2)cc1F. The molecule has 0 bridgehead atoms. The zero-order chi connectivity index (χ0) is 30.1. The number of ether oxygens (including phenoxy) is 2. The Morgan fingerprint density at radius 2 is 1.76 bits per heavy atom. The number of aryl methyl sites for hydroxylation is 1. The topological polar surface area (TPSA) is 94.5 Å². The van der Waals surface area contributed by atoms with Crippen LogP contribution in [0.2, 0.25) is 25.7 Å². The molecule has 4 rings (SSSR count). The summed E-state index contributed by atoms with van der Waals surface area (Å²) in [5, 5.41) is 10.3. The average molecular weight is 587 g/mol. The van der Waals surface area contributed by atoms with E-state index < -0.39 is 31.6 Å². The molecule has 0 unspecified atom stereocenters. The fourth-order valence-electron chi connectivity index (χ4n) is 5.42. The van der Waals surface area contributed by atoms with E-state index in [0.717, 1.165) is 43.0 Å². The zero-order valence-electron chi connectivity index (χ0n) is 25.9. The van der Waals surface area contributed by atoms with Gasteiger partial charge >= 0.3 is 6.09 Å². The van der Waals surface area contributed by atoms with Crippen molar-refractivity contribution in [2.45, 2.75) is 104 Å². The van der Waals surface area contributed by atoms with Crippen LogP contribution in [0, 0.1) is 37.4 Å². The molecule has 226 valence electrons. The summed E-state index contributed by atoms with van der Waals surface area (Å²) in [6.45, 7) is 17.1. The molecule has 2 aliphatic rings. The molecular formula is C31H47FN4O4Si. The Kier molecular flexibility index (Phi) is 9.33. The van der Waals surface area contributed by atoms with Crippen LogP contribution in [-0.2, 0) is 21.0 Å². The Balaban J connectivity index is 1.48. The molecule has 8 nitrogen and oxygen atoms in total. The number of carbonyl (C=O) groups excluding carboxylic acids is 2. The maximum atomic E-state index is 15.5. The molecule has 2 amide bonds. The molecule has 10 heteroatoms. The number of hydrogen-bond donors (Lipinski definition) is 2. The molecule has 1 aromatic carbocycles. The van der Waals surface area contributed by atoms with Crippen LogP contribution in [0.1, 0.15) is 57.8 Å². The first-order chi connectivity index (χ1) is 19.1. The molecule has 2 aliphatic carbocycles. The number of carbonyl (C=O) groups is 2. The van der Waals surface area contributed by atoms with Gasteiger partial charge in [-0.05, 0) is 102 Å². The summed E-state index contributed by atoms with van der Waals surface area (Å²) in [5.74, 6) is 0.0765. The monoisotopic (exact) mass is 586 g/mol. The van der Waals surface area contributed by atoms with Crippen molar-refractivity contribution in [2.24, 2.45) is 17.8 Å². The first kappa shape index (κ1) is 31.2. The highest BCUT2D eigenvalue weighted by molar-refractivity contribution is 6.76. The minimum atomic E-state index is -1.19. The lowest BCUT2D eigenvalue weighted by atomic mass is 9.88. The minimum Gasteiger partial charge on any atom is -0.444 e. The Morgan fingerprint density at radius 3 is 2.29 bits per heavy atom. The third kappa shape index (κ3) is 8.64. The summed E-state index contributed by atoms with van der Waals surface area (Å²) < 4.78 is 28.6. The van der Waals surface area contributed by atoms with Crippen LogP contribution in [-0.4, -0.2) is 48.1 Å². The number of nitrogens with zero attached hydrogens (tertiary/aromatic N) is 2. The molecule has 2 fully saturated rings. The zero-order valence-corrected chi connectivity index (χ0v) is 26.9. The Hall–Kier alpha value is -2.72. The van der Waals surface area contributed by atoms with Crippen molar-refractivity contribution in [1.82, 2.24) is 15.1 Å². The van der Waals surface area contributed by atoms with Gasteiger partial charge in [-0.3, -0.25) is 4.79 Å². The van der Waals surface area contributed by atoms with Crippen LogP contribution in [0.4, 0.5) is 14.9 Å². The highest BCUT2D eigenvalue weighted by Crippen LogP contribution is 2.51. The smallest absolute Gasteiger partial charge is 0.408 e. The number of anilines is 1. The van der Waals surface area contributed by atoms with Crippen molar-refractivity contribution in [3.8, 4) is 11.1 Å². The fourth-order valence-corrected chi connectivity index (χ4v) is 6.18. The van der Waals surface area contributed by atoms with Gasteiger partial charge in [0.05, 0.1) is 5.69 Å². The molecular weight excluding hydrogens is 539 g/mol. The van der Waals surface area contributed by atoms with E-state index >= 15 is 4.39 Å². The van der Waals surface area contributed by atoms with Gasteiger partial charge in [0.2, 0.25) is 5.91 Å². The predicted octanol–water partition coefficient (Wildman–Crippen LogP) is 6.89. The van der Waals surface area contributed by atoms with E-state index in [0.29, 0.717) is 42.1 Å². The van der Waals surface area contributed by atoms with Gasteiger partial charge in [-0.25, -0.2) is 13.9 Å². The molecule has 2 N–H and O–H groups in total. The van der Waals surface area contributed by atoms with Crippen molar-refractivity contribution in [3.05, 3.63) is 35.4 Å². The number of aromatic nitrogens is 2. The van der Waals surface area contributed by atoms with Crippen LogP contribution >= 0.6 is 0 Å². The number of amides is 2. The van der Waals surface area contributed by atoms with Crippen LogP contribution in [0.25, 0.3) is 11.1 Å². The van der Waals surface area contributed by atoms with Gasteiger partial charge in [-0.1, -0.05) is 19.6 Å². The summed E-state index contributed by atoms with van der Waals surface area (Å²) in [6, 6.07) is 5.04. The van der Waals surface area contributed by atoms with E-state index in [-0.39, 0.29) is 11.8 Å². The summed E-state index contributed by atoms with van der Waals surface area (Å²) in [7, 11) is -1.19. The standard InChI is InChI=1S/C31H47FN4O4Si/c1-19-26(20(2)36(35-19)18-39-15-16-41(6,7)8)24-14-13-23(17-25(24)32)33-29(37)28(34-30(38)40-31(3,4)5)27(21-9-10-21)22-11-12-22/h13-14,17,21-22,27-28H,9-12,15-16,18H2,1-8H3,(H,33,37)(H,34,38)/t28-/m0/s1. The van der Waals surface area contributed by atoms with Crippen LogP contribution in [0.15, 0.2) is 18.2 Å². The van der Waals surface area contributed by atoms with E-state index in [2.05, 4.69) is 35.4 Å². The summed E-state index contributed by atoms with van der Waals surface area (Å²) >= 11 is 0. The van der Waals surface area contributed by atoms with E-state index in [1.807, 2.05) is 13.8 Å². The number of alkyl carbamates (subject to hydrolysis) is 1. The largest absolute Gasteiger partial charge is 0.444 e. The molecule has 0 spiro atoms. The Bertz CT molecular complexity index is 1250. The predicted molar refractivity (Wildman–Crippen MR) is 162 cm³/mol. The van der Waals surface area contributed by atoms with Gasteiger partial charge in [-0.15, -0.1) is 0 Å². The van der Waals surface area contributed by atoms with Crippen LogP contribution in [0.5, 0.6) is 0 Å². The lowest BCUT2D eigenvalue weighted by Crippen LogP contribution is -2.51. The van der Waals surface area contributed by atoms with Gasteiger partial charge in [-0.2, -0.15) is 5.10 Å². The summed E-state index contributed by atoms with van der Waals surface area (Å²) in [5.41, 5.74) is 2.35. The normalized spacial score (nSPS) is 16.5. The molecule has 1 atom stereocenters. The van der Waals surface area contributed by atoms with Gasteiger partial charge < -0.3 is 20.1 Å². The van der Waals surface area contributed by atoms with Crippen molar-refractivity contribution in [1.29, 1.82) is 0 Å². The van der Waals surface area contributed by atoms with Gasteiger partial charge in [0, 0.05) is 37.2 Å². The van der Waals surface area contributed by atoms with E-state index in [1.165, 1.54) is 6.07 Å². The lowest BCUT2D eigenvalue weighted by Gasteiger charge is -2.29. The number of rotatable bonds is 12. The molecule has 1 aromatic heterocycles. The van der Waals surface area contributed by atoms with Crippen molar-refractivity contribution in [2.75, 3.05) is 11.9 Å². The molecule has 0 saturated heterocycles. The second-order valence-corrected chi connectivity index (χ2v) is 19.6. The fraction of sp³-hybridized carbons (Fsp3) is 0.645. The van der Waals surface area contributed by atoms with Gasteiger partial charge in [0.15, 0.2) is 0 Å². The maximum Gasteiger partial charge on any atom is 0.408 e. The Morgan fingerprint density at radius 1 is 1.12 bits per heavy atom. The summed E-state index contributed by atoms with van der Waals surface area (Å²) in [4.78, 5) is 26.2. The first-order valence-electron chi connectivity index (χ1n) is 14.8. The second-order valence-electron chi connectivity index (χ2n) is 14.0. The van der Waals surface area contributed by atoms with E-state index in [1.54, 1.807) is 37.6 Å². The van der Waals surface area contributed by atoms with Crippen molar-refractivity contribution >= 4 is 25.8 Å².